The number of rotatable bonds is 10. The number of benzene rings is 3. The number of hydrogen-bond acceptors (Lipinski definition) is 3. The third kappa shape index (κ3) is 7.79. The molecule has 2 unspecified atom stereocenters. The molecule has 0 saturated carbocycles. The van der Waals surface area contributed by atoms with E-state index in [0.29, 0.717) is 24.9 Å². The van der Waals surface area contributed by atoms with Gasteiger partial charge in [0.2, 0.25) is 7.37 Å². The molecule has 0 radical (unpaired) electrons. The molecule has 0 amide bonds. The Morgan fingerprint density at radius 1 is 0.973 bits per heavy atom. The zero-order chi connectivity index (χ0) is 27.4. The maximum atomic E-state index is 14.9. The van der Waals surface area contributed by atoms with Crippen molar-refractivity contribution in [3.8, 4) is 16.9 Å². The summed E-state index contributed by atoms with van der Waals surface area (Å²) < 4.78 is 39.2. The van der Waals surface area contributed by atoms with Crippen LogP contribution in [-0.4, -0.2) is 19.4 Å². The van der Waals surface area contributed by atoms with Gasteiger partial charge in [-0.25, -0.2) is 4.39 Å². The van der Waals surface area contributed by atoms with Crippen molar-refractivity contribution in [2.45, 2.75) is 66.9 Å². The van der Waals surface area contributed by atoms with Crippen LogP contribution in [0.3, 0.4) is 0 Å². The highest BCUT2D eigenvalue weighted by Crippen LogP contribution is 2.46. The standard InChI is InChI=1S/C32H42FO3P/c1-9-36-37(8,34)21-23(3)26-11-10-12-27(19-26)35-20-25-14-15-28(29(18-25)24(4)32(5,6)7)30-17-22(2)13-16-31(30)33/h10-19,23-24H,9,20-21H2,1-8H3/t23?,24-,37?/m1/s1. The minimum Gasteiger partial charge on any atom is -0.489 e. The summed E-state index contributed by atoms with van der Waals surface area (Å²) in [5, 5.41) is 0. The molecule has 5 heteroatoms. The molecule has 200 valence electrons. The Hall–Kier alpha value is -2.42. The Kier molecular flexibility index (Phi) is 9.42. The molecule has 0 aromatic heterocycles. The van der Waals surface area contributed by atoms with Crippen LogP contribution in [0.1, 0.15) is 75.6 Å². The number of ether oxygens (including phenoxy) is 1. The van der Waals surface area contributed by atoms with E-state index in [2.05, 4.69) is 40.7 Å². The van der Waals surface area contributed by atoms with Gasteiger partial charge in [-0.1, -0.05) is 76.6 Å². The topological polar surface area (TPSA) is 35.5 Å². The molecule has 0 spiro atoms. The maximum absolute atomic E-state index is 14.9. The van der Waals surface area contributed by atoms with E-state index in [0.717, 1.165) is 33.6 Å². The van der Waals surface area contributed by atoms with E-state index in [-0.39, 0.29) is 23.1 Å². The summed E-state index contributed by atoms with van der Waals surface area (Å²) >= 11 is 0. The molecule has 0 aliphatic rings. The molecule has 0 aliphatic heterocycles. The van der Waals surface area contributed by atoms with Crippen molar-refractivity contribution in [2.24, 2.45) is 5.41 Å². The zero-order valence-corrected chi connectivity index (χ0v) is 24.5. The van der Waals surface area contributed by atoms with Crippen LogP contribution in [0, 0.1) is 18.2 Å². The van der Waals surface area contributed by atoms with Crippen LogP contribution in [0.4, 0.5) is 4.39 Å². The van der Waals surface area contributed by atoms with Gasteiger partial charge in [-0.3, -0.25) is 4.57 Å². The average molecular weight is 525 g/mol. The summed E-state index contributed by atoms with van der Waals surface area (Å²) in [6, 6.07) is 19.5. The van der Waals surface area contributed by atoms with E-state index in [1.165, 1.54) is 0 Å². The SMILES string of the molecule is CCOP(C)(=O)CC(C)c1cccc(OCc2ccc(-c3cc(C)ccc3F)c([C@@H](C)C(C)(C)C)c2)c1. The van der Waals surface area contributed by atoms with Gasteiger partial charge in [0.05, 0.1) is 6.61 Å². The first-order valence-corrected chi connectivity index (χ1v) is 15.4. The monoisotopic (exact) mass is 524 g/mol. The lowest BCUT2D eigenvalue weighted by Crippen LogP contribution is -2.16. The number of hydrogen-bond donors (Lipinski definition) is 0. The predicted molar refractivity (Wildman–Crippen MR) is 154 cm³/mol. The number of aryl methyl sites for hydroxylation is 1. The molecule has 0 aliphatic carbocycles. The van der Waals surface area contributed by atoms with Crippen LogP contribution in [0.25, 0.3) is 11.1 Å². The largest absolute Gasteiger partial charge is 0.489 e. The van der Waals surface area contributed by atoms with E-state index in [1.807, 2.05) is 56.3 Å². The summed E-state index contributed by atoms with van der Waals surface area (Å²) in [5.41, 5.74) is 5.85. The predicted octanol–water partition coefficient (Wildman–Crippen LogP) is 9.58. The average Bonchev–Trinajstić information content (AvgIpc) is 2.83. The summed E-state index contributed by atoms with van der Waals surface area (Å²) in [4.78, 5) is 0. The fourth-order valence-corrected chi connectivity index (χ4v) is 6.48. The van der Waals surface area contributed by atoms with Gasteiger partial charge in [-0.05, 0) is 77.6 Å². The van der Waals surface area contributed by atoms with Gasteiger partial charge >= 0.3 is 0 Å². The van der Waals surface area contributed by atoms with E-state index >= 15 is 0 Å². The van der Waals surface area contributed by atoms with Gasteiger partial charge in [0.1, 0.15) is 18.2 Å². The third-order valence-corrected chi connectivity index (χ3v) is 9.15. The molecule has 0 saturated heterocycles. The van der Waals surface area contributed by atoms with Crippen LogP contribution >= 0.6 is 7.37 Å². The van der Waals surface area contributed by atoms with Gasteiger partial charge in [0.25, 0.3) is 0 Å². The number of halogens is 1. The summed E-state index contributed by atoms with van der Waals surface area (Å²) in [7, 11) is -2.63. The molecule has 3 rings (SSSR count). The Morgan fingerprint density at radius 2 is 1.70 bits per heavy atom. The van der Waals surface area contributed by atoms with Gasteiger partial charge in [-0.15, -0.1) is 0 Å². The van der Waals surface area contributed by atoms with Gasteiger partial charge < -0.3 is 9.26 Å². The Bertz CT molecular complexity index is 1260. The van der Waals surface area contributed by atoms with Crippen LogP contribution in [-0.2, 0) is 15.7 Å². The molecular weight excluding hydrogens is 482 g/mol. The zero-order valence-electron chi connectivity index (χ0n) is 23.6. The first kappa shape index (κ1) is 29.1. The second-order valence-corrected chi connectivity index (χ2v) is 14.0. The first-order chi connectivity index (χ1) is 17.3. The molecule has 37 heavy (non-hydrogen) atoms. The van der Waals surface area contributed by atoms with Crippen molar-refractivity contribution in [2.75, 3.05) is 19.4 Å². The lowest BCUT2D eigenvalue weighted by molar-refractivity contribution is 0.304. The lowest BCUT2D eigenvalue weighted by Gasteiger charge is -2.30. The van der Waals surface area contributed by atoms with E-state index in [1.54, 1.807) is 18.8 Å². The van der Waals surface area contributed by atoms with Crippen molar-refractivity contribution in [1.82, 2.24) is 0 Å². The third-order valence-electron chi connectivity index (χ3n) is 7.13. The van der Waals surface area contributed by atoms with Gasteiger partial charge in [-0.2, -0.15) is 0 Å². The fraction of sp³-hybridized carbons (Fsp3) is 0.438. The highest BCUT2D eigenvalue weighted by Gasteiger charge is 2.26. The molecule has 3 aromatic carbocycles. The molecular formula is C32H42FO3P. The molecule has 3 nitrogen and oxygen atoms in total. The summed E-state index contributed by atoms with van der Waals surface area (Å²) in [6.45, 7) is 17.3. The van der Waals surface area contributed by atoms with E-state index in [9.17, 15) is 8.96 Å². The summed E-state index contributed by atoms with van der Waals surface area (Å²) in [5.74, 6) is 0.866. The highest BCUT2D eigenvalue weighted by molar-refractivity contribution is 7.58. The Balaban J connectivity index is 1.86. The van der Waals surface area contributed by atoms with Crippen molar-refractivity contribution in [3.05, 3.63) is 88.7 Å². The Labute approximate surface area is 222 Å². The molecule has 3 atom stereocenters. The lowest BCUT2D eigenvalue weighted by atomic mass is 9.75. The van der Waals surface area contributed by atoms with E-state index in [4.69, 9.17) is 9.26 Å². The fourth-order valence-electron chi connectivity index (χ4n) is 4.62. The second kappa shape index (κ2) is 12.0. The van der Waals surface area contributed by atoms with Crippen molar-refractivity contribution >= 4 is 7.37 Å². The van der Waals surface area contributed by atoms with Gasteiger partial charge in [0.15, 0.2) is 0 Å². The molecule has 0 heterocycles. The second-order valence-electron chi connectivity index (χ2n) is 11.4. The molecule has 0 bridgehead atoms. The quantitative estimate of drug-likeness (QED) is 0.248. The normalized spacial score (nSPS) is 15.2. The molecule has 0 N–H and O–H groups in total. The van der Waals surface area contributed by atoms with E-state index < -0.39 is 7.37 Å². The van der Waals surface area contributed by atoms with Crippen molar-refractivity contribution in [3.63, 3.8) is 0 Å². The van der Waals surface area contributed by atoms with Crippen molar-refractivity contribution in [1.29, 1.82) is 0 Å². The smallest absolute Gasteiger partial charge is 0.200 e. The van der Waals surface area contributed by atoms with Crippen LogP contribution in [0.5, 0.6) is 5.75 Å². The van der Waals surface area contributed by atoms with Crippen molar-refractivity contribution < 1.29 is 18.2 Å². The maximum Gasteiger partial charge on any atom is 0.200 e. The minimum absolute atomic E-state index is 0.0131. The Morgan fingerprint density at radius 3 is 2.38 bits per heavy atom. The van der Waals surface area contributed by atoms with Crippen LogP contribution in [0.2, 0.25) is 0 Å². The molecule has 3 aromatic rings. The minimum atomic E-state index is -2.63. The highest BCUT2D eigenvalue weighted by atomic mass is 31.2. The van der Waals surface area contributed by atoms with Crippen LogP contribution in [0.15, 0.2) is 60.7 Å². The summed E-state index contributed by atoms with van der Waals surface area (Å²) in [6.07, 6.45) is 0.495. The first-order valence-electron chi connectivity index (χ1n) is 13.1. The van der Waals surface area contributed by atoms with Gasteiger partial charge in [0, 0.05) is 18.4 Å². The van der Waals surface area contributed by atoms with Crippen LogP contribution < -0.4 is 4.74 Å². The molecule has 0 fully saturated rings.